The van der Waals surface area contributed by atoms with E-state index >= 15 is 0 Å². The zero-order valence-corrected chi connectivity index (χ0v) is 12.1. The van der Waals surface area contributed by atoms with Crippen molar-refractivity contribution >= 4 is 0 Å². The maximum Gasteiger partial charge on any atom is 0.126 e. The number of hydrogen-bond acceptors (Lipinski definition) is 1. The van der Waals surface area contributed by atoms with E-state index in [-0.39, 0.29) is 5.82 Å². The third kappa shape index (κ3) is 4.41. The molecule has 1 rings (SSSR count). The topological polar surface area (TPSA) is 12.0 Å². The molecule has 1 N–H and O–H groups in total. The van der Waals surface area contributed by atoms with E-state index in [2.05, 4.69) is 26.1 Å². The van der Waals surface area contributed by atoms with Gasteiger partial charge in [-0.15, -0.1) is 0 Å². The summed E-state index contributed by atoms with van der Waals surface area (Å²) in [5.74, 6) is 0.571. The van der Waals surface area contributed by atoms with Gasteiger partial charge in [0, 0.05) is 6.04 Å². The Labute approximate surface area is 111 Å². The van der Waals surface area contributed by atoms with Crippen LogP contribution in [0.2, 0.25) is 0 Å². The average Bonchev–Trinajstić information content (AvgIpc) is 2.37. The lowest BCUT2D eigenvalue weighted by atomic mass is 9.93. The Morgan fingerprint density at radius 3 is 2.56 bits per heavy atom. The van der Waals surface area contributed by atoms with Gasteiger partial charge in [-0.05, 0) is 49.4 Å². The van der Waals surface area contributed by atoms with Crippen LogP contribution in [0.25, 0.3) is 0 Å². The molecule has 0 spiro atoms. The Bertz CT molecular complexity index is 362. The lowest BCUT2D eigenvalue weighted by Gasteiger charge is -2.22. The third-order valence-electron chi connectivity index (χ3n) is 3.56. The van der Waals surface area contributed by atoms with Crippen molar-refractivity contribution < 1.29 is 4.39 Å². The van der Waals surface area contributed by atoms with E-state index < -0.39 is 0 Å². The quantitative estimate of drug-likeness (QED) is 0.746. The molecule has 1 aromatic rings. The van der Waals surface area contributed by atoms with Crippen LogP contribution in [0.5, 0.6) is 0 Å². The summed E-state index contributed by atoms with van der Waals surface area (Å²) in [7, 11) is 0. The molecule has 0 fully saturated rings. The molecule has 2 heteroatoms. The Morgan fingerprint density at radius 2 is 2.00 bits per heavy atom. The molecule has 0 heterocycles. The first kappa shape index (κ1) is 15.2. The summed E-state index contributed by atoms with van der Waals surface area (Å²) >= 11 is 0. The fraction of sp³-hybridized carbons (Fsp3) is 0.625. The molecule has 0 saturated carbocycles. The highest BCUT2D eigenvalue weighted by atomic mass is 19.1. The molecule has 1 aromatic carbocycles. The van der Waals surface area contributed by atoms with Crippen molar-refractivity contribution in [3.8, 4) is 0 Å². The van der Waals surface area contributed by atoms with Crippen molar-refractivity contribution in [1.29, 1.82) is 0 Å². The molecule has 0 aliphatic rings. The van der Waals surface area contributed by atoms with Crippen LogP contribution in [-0.4, -0.2) is 6.54 Å². The highest BCUT2D eigenvalue weighted by Gasteiger charge is 2.14. The molecule has 0 aliphatic heterocycles. The minimum atomic E-state index is -0.114. The summed E-state index contributed by atoms with van der Waals surface area (Å²) in [5.41, 5.74) is 1.95. The van der Waals surface area contributed by atoms with Crippen LogP contribution < -0.4 is 5.32 Å². The third-order valence-corrected chi connectivity index (χ3v) is 3.56. The molecular weight excluding hydrogens is 225 g/mol. The van der Waals surface area contributed by atoms with Gasteiger partial charge in [0.2, 0.25) is 0 Å². The van der Waals surface area contributed by atoms with Gasteiger partial charge < -0.3 is 5.32 Å². The normalized spacial score (nSPS) is 14.5. The molecule has 0 saturated heterocycles. The highest BCUT2D eigenvalue weighted by Crippen LogP contribution is 2.24. The zero-order chi connectivity index (χ0) is 13.5. The number of benzene rings is 1. The molecule has 0 bridgehead atoms. The summed E-state index contributed by atoms with van der Waals surface area (Å²) in [4.78, 5) is 0. The number of hydrogen-bond donors (Lipinski definition) is 1. The Kier molecular flexibility index (Phi) is 6.34. The van der Waals surface area contributed by atoms with E-state index in [9.17, 15) is 4.39 Å². The molecule has 0 radical (unpaired) electrons. The highest BCUT2D eigenvalue weighted by molar-refractivity contribution is 5.26. The number of nitrogens with one attached hydrogen (secondary N) is 1. The summed E-state index contributed by atoms with van der Waals surface area (Å²) in [6, 6.07) is 5.82. The predicted octanol–water partition coefficient (Wildman–Crippen LogP) is 4.61. The first-order valence-electron chi connectivity index (χ1n) is 7.07. The van der Waals surface area contributed by atoms with Gasteiger partial charge in [0.1, 0.15) is 5.82 Å². The summed E-state index contributed by atoms with van der Waals surface area (Å²) < 4.78 is 13.3. The van der Waals surface area contributed by atoms with Crippen molar-refractivity contribution in [3.05, 3.63) is 35.1 Å². The van der Waals surface area contributed by atoms with Gasteiger partial charge >= 0.3 is 0 Å². The minimum absolute atomic E-state index is 0.114. The van der Waals surface area contributed by atoms with Crippen LogP contribution in [-0.2, 0) is 0 Å². The van der Waals surface area contributed by atoms with Gasteiger partial charge in [0.25, 0.3) is 0 Å². The van der Waals surface area contributed by atoms with Crippen LogP contribution in [0.15, 0.2) is 18.2 Å². The van der Waals surface area contributed by atoms with Crippen molar-refractivity contribution in [2.75, 3.05) is 6.54 Å². The van der Waals surface area contributed by atoms with Crippen molar-refractivity contribution in [2.24, 2.45) is 5.92 Å². The van der Waals surface area contributed by atoms with Crippen LogP contribution in [0.4, 0.5) is 4.39 Å². The smallest absolute Gasteiger partial charge is 0.126 e. The fourth-order valence-electron chi connectivity index (χ4n) is 2.11. The standard InChI is InChI=1S/C16H26FN/c1-5-9-18-16(10-12(3)6-2)14-7-8-15(17)13(4)11-14/h7-8,11-12,16,18H,5-6,9-10H2,1-4H3. The van der Waals surface area contributed by atoms with Crippen LogP contribution >= 0.6 is 0 Å². The minimum Gasteiger partial charge on any atom is -0.310 e. The van der Waals surface area contributed by atoms with Gasteiger partial charge in [0.15, 0.2) is 0 Å². The van der Waals surface area contributed by atoms with Gasteiger partial charge in [-0.1, -0.05) is 39.3 Å². The second-order valence-electron chi connectivity index (χ2n) is 5.26. The van der Waals surface area contributed by atoms with E-state index in [0.29, 0.717) is 12.0 Å². The zero-order valence-electron chi connectivity index (χ0n) is 12.1. The van der Waals surface area contributed by atoms with Crippen LogP contribution in [0.1, 0.15) is 57.2 Å². The Balaban J connectivity index is 2.82. The Hall–Kier alpha value is -0.890. The second-order valence-corrected chi connectivity index (χ2v) is 5.26. The van der Waals surface area contributed by atoms with Gasteiger partial charge in [-0.2, -0.15) is 0 Å². The first-order chi connectivity index (χ1) is 8.58. The summed E-state index contributed by atoms with van der Waals surface area (Å²) in [6.07, 6.45) is 3.42. The number of rotatable bonds is 7. The predicted molar refractivity (Wildman–Crippen MR) is 76.2 cm³/mol. The molecule has 18 heavy (non-hydrogen) atoms. The van der Waals surface area contributed by atoms with E-state index in [1.807, 2.05) is 19.1 Å². The van der Waals surface area contributed by atoms with Crippen LogP contribution in [0, 0.1) is 18.7 Å². The maximum atomic E-state index is 13.3. The molecule has 1 nitrogen and oxygen atoms in total. The number of halogens is 1. The van der Waals surface area contributed by atoms with E-state index in [1.165, 1.54) is 12.0 Å². The lowest BCUT2D eigenvalue weighted by Crippen LogP contribution is -2.24. The maximum absolute atomic E-state index is 13.3. The van der Waals surface area contributed by atoms with Gasteiger partial charge in [-0.25, -0.2) is 4.39 Å². The fourth-order valence-corrected chi connectivity index (χ4v) is 2.11. The monoisotopic (exact) mass is 251 g/mol. The van der Waals surface area contributed by atoms with Gasteiger partial charge in [-0.3, -0.25) is 0 Å². The second kappa shape index (κ2) is 7.52. The summed E-state index contributed by atoms with van der Waals surface area (Å²) in [5, 5.41) is 3.58. The largest absolute Gasteiger partial charge is 0.310 e. The molecule has 2 unspecified atom stereocenters. The Morgan fingerprint density at radius 1 is 1.28 bits per heavy atom. The van der Waals surface area contributed by atoms with E-state index in [4.69, 9.17) is 0 Å². The van der Waals surface area contributed by atoms with E-state index in [1.54, 1.807) is 6.07 Å². The van der Waals surface area contributed by atoms with Crippen molar-refractivity contribution in [1.82, 2.24) is 5.32 Å². The molecule has 2 atom stereocenters. The molecule has 102 valence electrons. The molecule has 0 aromatic heterocycles. The average molecular weight is 251 g/mol. The SMILES string of the molecule is CCCNC(CC(C)CC)c1ccc(F)c(C)c1. The van der Waals surface area contributed by atoms with Crippen molar-refractivity contribution in [2.45, 2.75) is 53.0 Å². The first-order valence-corrected chi connectivity index (χ1v) is 7.07. The molecule has 0 aliphatic carbocycles. The van der Waals surface area contributed by atoms with Crippen LogP contribution in [0.3, 0.4) is 0 Å². The lowest BCUT2D eigenvalue weighted by molar-refractivity contribution is 0.402. The molecule has 0 amide bonds. The van der Waals surface area contributed by atoms with Gasteiger partial charge in [0.05, 0.1) is 0 Å². The molecular formula is C16H26FN. The van der Waals surface area contributed by atoms with E-state index in [0.717, 1.165) is 24.9 Å². The number of aryl methyl sites for hydroxylation is 1. The summed E-state index contributed by atoms with van der Waals surface area (Å²) in [6.45, 7) is 9.51. The van der Waals surface area contributed by atoms with Crippen molar-refractivity contribution in [3.63, 3.8) is 0 Å².